The summed E-state index contributed by atoms with van der Waals surface area (Å²) >= 11 is 0. The first-order valence-electron chi connectivity index (χ1n) is 6.10. The summed E-state index contributed by atoms with van der Waals surface area (Å²) in [4.78, 5) is 23.7. The maximum atomic E-state index is 11.8. The summed E-state index contributed by atoms with van der Waals surface area (Å²) in [5, 5.41) is 13.4. The standard InChI is InChI=1S/C13H16N2O3/c16-12(9-15-6-1-2-7-15)14-11-5-3-4-10(8-11)13(17)18/h3-5,8H,1-2,6-7,9H2,(H,14,16)(H,17,18). The smallest absolute Gasteiger partial charge is 0.279 e. The molecule has 1 amide bonds. The number of carbonyl (C=O) groups is 2. The van der Waals surface area contributed by atoms with E-state index in [0.717, 1.165) is 13.1 Å². The molecular formula is C13H16N2O3. The Balaban J connectivity index is 1.93. The predicted molar refractivity (Wildman–Crippen MR) is 64.2 cm³/mol. The Morgan fingerprint density at radius 1 is 1.28 bits per heavy atom. The summed E-state index contributed by atoms with van der Waals surface area (Å²) in [6.45, 7) is 2.51. The van der Waals surface area contributed by atoms with Gasteiger partial charge in [0.2, 0.25) is 0 Å². The van der Waals surface area contributed by atoms with Gasteiger partial charge >= 0.3 is 0 Å². The Morgan fingerprint density at radius 2 is 2.00 bits per heavy atom. The molecule has 0 spiro atoms. The summed E-state index contributed by atoms with van der Waals surface area (Å²) < 4.78 is 0. The summed E-state index contributed by atoms with van der Waals surface area (Å²) in [5.41, 5.74) is 0.571. The third-order valence-corrected chi connectivity index (χ3v) is 3.10. The third kappa shape index (κ3) is 3.30. The van der Waals surface area contributed by atoms with E-state index in [0.29, 0.717) is 12.2 Å². The molecule has 0 aromatic heterocycles. The van der Waals surface area contributed by atoms with Crippen molar-refractivity contribution < 1.29 is 19.6 Å². The molecule has 5 nitrogen and oxygen atoms in total. The van der Waals surface area contributed by atoms with Gasteiger partial charge in [0.1, 0.15) is 0 Å². The Labute approximate surface area is 105 Å². The van der Waals surface area contributed by atoms with Gasteiger partial charge < -0.3 is 20.1 Å². The van der Waals surface area contributed by atoms with E-state index in [1.54, 1.807) is 12.1 Å². The molecule has 0 unspecified atom stereocenters. The molecule has 1 heterocycles. The minimum Gasteiger partial charge on any atom is -0.545 e. The number of likely N-dealkylation sites (tertiary alicyclic amines) is 1. The molecule has 18 heavy (non-hydrogen) atoms. The number of aromatic carboxylic acids is 1. The van der Waals surface area contributed by atoms with Gasteiger partial charge in [-0.3, -0.25) is 4.79 Å². The number of rotatable bonds is 4. The average molecular weight is 248 g/mol. The van der Waals surface area contributed by atoms with Crippen molar-refractivity contribution in [3.8, 4) is 0 Å². The van der Waals surface area contributed by atoms with E-state index < -0.39 is 5.97 Å². The first kappa shape index (κ1) is 12.6. The van der Waals surface area contributed by atoms with Gasteiger partial charge in [0.15, 0.2) is 6.54 Å². The van der Waals surface area contributed by atoms with E-state index in [-0.39, 0.29) is 11.5 Å². The highest BCUT2D eigenvalue weighted by Crippen LogP contribution is 2.09. The first-order valence-corrected chi connectivity index (χ1v) is 6.10. The SMILES string of the molecule is O=C(C[NH+]1CCCC1)Nc1cccc(C(=O)[O-])c1. The lowest BCUT2D eigenvalue weighted by Gasteiger charge is -2.12. The Kier molecular flexibility index (Phi) is 3.94. The van der Waals surface area contributed by atoms with Crippen LogP contribution >= 0.6 is 0 Å². The topological polar surface area (TPSA) is 73.7 Å². The zero-order valence-corrected chi connectivity index (χ0v) is 10.1. The second-order valence-corrected chi connectivity index (χ2v) is 4.55. The third-order valence-electron chi connectivity index (χ3n) is 3.10. The molecule has 2 N–H and O–H groups in total. The number of carbonyl (C=O) groups excluding carboxylic acids is 2. The van der Waals surface area contributed by atoms with Crippen LogP contribution in [0.2, 0.25) is 0 Å². The second kappa shape index (κ2) is 5.64. The Hall–Kier alpha value is -1.88. The lowest BCUT2D eigenvalue weighted by Crippen LogP contribution is -3.11. The molecule has 0 aliphatic carbocycles. The number of anilines is 1. The molecular weight excluding hydrogens is 232 g/mol. The highest BCUT2D eigenvalue weighted by Gasteiger charge is 2.18. The average Bonchev–Trinajstić information content (AvgIpc) is 2.82. The Morgan fingerprint density at radius 3 is 2.67 bits per heavy atom. The quantitative estimate of drug-likeness (QED) is 0.693. The largest absolute Gasteiger partial charge is 0.545 e. The molecule has 1 aromatic rings. The first-order chi connectivity index (χ1) is 8.65. The molecule has 0 radical (unpaired) electrons. The van der Waals surface area contributed by atoms with Crippen molar-refractivity contribution in [2.75, 3.05) is 25.0 Å². The van der Waals surface area contributed by atoms with Crippen molar-refractivity contribution in [2.24, 2.45) is 0 Å². The minimum absolute atomic E-state index is 0.0707. The van der Waals surface area contributed by atoms with Crippen molar-refractivity contribution in [1.29, 1.82) is 0 Å². The molecule has 96 valence electrons. The molecule has 1 fully saturated rings. The van der Waals surface area contributed by atoms with Gasteiger partial charge in [0.25, 0.3) is 5.91 Å². The van der Waals surface area contributed by atoms with Crippen LogP contribution in [0, 0.1) is 0 Å². The lowest BCUT2D eigenvalue weighted by atomic mass is 10.2. The van der Waals surface area contributed by atoms with Gasteiger partial charge in [-0.25, -0.2) is 0 Å². The lowest BCUT2D eigenvalue weighted by molar-refractivity contribution is -0.878. The van der Waals surface area contributed by atoms with Gasteiger partial charge in [-0.15, -0.1) is 0 Å². The van der Waals surface area contributed by atoms with Gasteiger partial charge in [-0.05, 0) is 17.7 Å². The number of amides is 1. The van der Waals surface area contributed by atoms with Crippen molar-refractivity contribution in [2.45, 2.75) is 12.8 Å². The van der Waals surface area contributed by atoms with Gasteiger partial charge in [0, 0.05) is 18.5 Å². The van der Waals surface area contributed by atoms with Crippen LogP contribution in [0.15, 0.2) is 24.3 Å². The zero-order chi connectivity index (χ0) is 13.0. The van der Waals surface area contributed by atoms with E-state index in [4.69, 9.17) is 0 Å². The summed E-state index contributed by atoms with van der Waals surface area (Å²) in [6, 6.07) is 6.11. The highest BCUT2D eigenvalue weighted by atomic mass is 16.4. The van der Waals surface area contributed by atoms with Crippen LogP contribution in [0.3, 0.4) is 0 Å². The molecule has 1 aromatic carbocycles. The number of hydrogen-bond acceptors (Lipinski definition) is 3. The van der Waals surface area contributed by atoms with Crippen molar-refractivity contribution in [1.82, 2.24) is 0 Å². The van der Waals surface area contributed by atoms with Crippen molar-refractivity contribution in [3.05, 3.63) is 29.8 Å². The molecule has 1 aliphatic heterocycles. The fourth-order valence-corrected chi connectivity index (χ4v) is 2.21. The number of hydrogen-bond donors (Lipinski definition) is 2. The van der Waals surface area contributed by atoms with Gasteiger partial charge in [-0.2, -0.15) is 0 Å². The van der Waals surface area contributed by atoms with E-state index >= 15 is 0 Å². The molecule has 0 bridgehead atoms. The molecule has 2 rings (SSSR count). The van der Waals surface area contributed by atoms with Crippen molar-refractivity contribution >= 4 is 17.6 Å². The summed E-state index contributed by atoms with van der Waals surface area (Å²) in [5.74, 6) is -1.32. The number of nitrogens with one attached hydrogen (secondary N) is 2. The fourth-order valence-electron chi connectivity index (χ4n) is 2.21. The molecule has 5 heteroatoms. The molecule has 1 aliphatic rings. The van der Waals surface area contributed by atoms with Crippen LogP contribution in [0.5, 0.6) is 0 Å². The molecule has 1 saturated heterocycles. The minimum atomic E-state index is -1.24. The van der Waals surface area contributed by atoms with Crippen LogP contribution < -0.4 is 15.3 Å². The van der Waals surface area contributed by atoms with E-state index in [2.05, 4.69) is 5.32 Å². The van der Waals surface area contributed by atoms with E-state index in [1.807, 2.05) is 0 Å². The van der Waals surface area contributed by atoms with Crippen LogP contribution in [-0.4, -0.2) is 31.5 Å². The van der Waals surface area contributed by atoms with Crippen LogP contribution in [0.4, 0.5) is 5.69 Å². The predicted octanol–water partition coefficient (Wildman–Crippen LogP) is -1.33. The zero-order valence-electron chi connectivity index (χ0n) is 10.1. The fraction of sp³-hybridized carbons (Fsp3) is 0.385. The van der Waals surface area contributed by atoms with Crippen LogP contribution in [0.1, 0.15) is 23.2 Å². The maximum absolute atomic E-state index is 11.8. The van der Waals surface area contributed by atoms with Crippen molar-refractivity contribution in [3.63, 3.8) is 0 Å². The number of carboxylic acid groups (broad SMARTS) is 1. The highest BCUT2D eigenvalue weighted by molar-refractivity contribution is 5.93. The van der Waals surface area contributed by atoms with E-state index in [9.17, 15) is 14.7 Å². The van der Waals surface area contributed by atoms with E-state index in [1.165, 1.54) is 29.9 Å². The summed E-state index contributed by atoms with van der Waals surface area (Å²) in [6.07, 6.45) is 2.34. The second-order valence-electron chi connectivity index (χ2n) is 4.55. The normalized spacial score (nSPS) is 15.6. The monoisotopic (exact) mass is 248 g/mol. The summed E-state index contributed by atoms with van der Waals surface area (Å²) in [7, 11) is 0. The number of quaternary nitrogens is 1. The maximum Gasteiger partial charge on any atom is 0.279 e. The van der Waals surface area contributed by atoms with Gasteiger partial charge in [-0.1, -0.05) is 12.1 Å². The van der Waals surface area contributed by atoms with Gasteiger partial charge in [0.05, 0.1) is 19.1 Å². The number of carboxylic acids is 1. The molecule has 0 saturated carbocycles. The molecule has 0 atom stereocenters. The number of benzene rings is 1. The Bertz CT molecular complexity index is 453. The van der Waals surface area contributed by atoms with Crippen LogP contribution in [-0.2, 0) is 4.79 Å². The van der Waals surface area contributed by atoms with Crippen LogP contribution in [0.25, 0.3) is 0 Å².